The molecule has 0 spiro atoms. The van der Waals surface area contributed by atoms with Crippen LogP contribution < -0.4 is 16.2 Å². The molecule has 1 aromatic carbocycles. The van der Waals surface area contributed by atoms with Crippen molar-refractivity contribution < 1.29 is 18.8 Å². The molecule has 0 aliphatic rings. The van der Waals surface area contributed by atoms with E-state index in [4.69, 9.17) is 32.3 Å². The van der Waals surface area contributed by atoms with Gasteiger partial charge in [0.15, 0.2) is 5.58 Å². The van der Waals surface area contributed by atoms with Gasteiger partial charge in [0.1, 0.15) is 6.61 Å². The number of ether oxygens (including phenoxy) is 2. The molecule has 0 fully saturated rings. The van der Waals surface area contributed by atoms with Crippen LogP contribution >= 0.6 is 24.0 Å². The first-order valence-electron chi connectivity index (χ1n) is 5.92. The van der Waals surface area contributed by atoms with Gasteiger partial charge in [0.05, 0.1) is 12.0 Å². The van der Waals surface area contributed by atoms with Gasteiger partial charge < -0.3 is 25.5 Å². The Bertz CT molecular complexity index is 605. The molecule has 2 rings (SSSR count). The van der Waals surface area contributed by atoms with Crippen molar-refractivity contribution in [2.75, 3.05) is 13.2 Å². The van der Waals surface area contributed by atoms with Gasteiger partial charge in [-0.15, -0.1) is 12.4 Å². The first kappa shape index (κ1) is 17.4. The van der Waals surface area contributed by atoms with Crippen molar-refractivity contribution in [1.82, 2.24) is 5.16 Å². The van der Waals surface area contributed by atoms with Crippen molar-refractivity contribution in [3.8, 4) is 5.88 Å². The van der Waals surface area contributed by atoms with Crippen LogP contribution in [0.1, 0.15) is 6.42 Å². The molecule has 1 unspecified atom stereocenters. The van der Waals surface area contributed by atoms with Crippen molar-refractivity contribution in [3.63, 3.8) is 0 Å². The third-order valence-electron chi connectivity index (χ3n) is 2.57. The van der Waals surface area contributed by atoms with Gasteiger partial charge in [-0.2, -0.15) is 0 Å². The van der Waals surface area contributed by atoms with Crippen molar-refractivity contribution >= 4 is 41.1 Å². The summed E-state index contributed by atoms with van der Waals surface area (Å²) in [5.41, 5.74) is 11.2. The second kappa shape index (κ2) is 7.92. The molecule has 0 aliphatic heterocycles. The van der Waals surface area contributed by atoms with Crippen LogP contribution in [0.2, 0.25) is 5.02 Å². The van der Waals surface area contributed by atoms with Gasteiger partial charge in [-0.25, -0.2) is 4.79 Å². The molecule has 0 radical (unpaired) electrons. The quantitative estimate of drug-likeness (QED) is 0.835. The number of aromatic nitrogens is 1. The summed E-state index contributed by atoms with van der Waals surface area (Å²) >= 11 is 5.90. The summed E-state index contributed by atoms with van der Waals surface area (Å²) in [5, 5.41) is 5.04. The Balaban J connectivity index is 0.00000220. The summed E-state index contributed by atoms with van der Waals surface area (Å²) in [6.45, 7) is 0.349. The molecule has 0 bridgehead atoms. The van der Waals surface area contributed by atoms with Crippen LogP contribution in [0.3, 0.4) is 0 Å². The Hall–Kier alpha value is -1.70. The lowest BCUT2D eigenvalue weighted by Gasteiger charge is -2.11. The zero-order valence-electron chi connectivity index (χ0n) is 11.0. The summed E-state index contributed by atoms with van der Waals surface area (Å²) in [6, 6.07) is 4.79. The summed E-state index contributed by atoms with van der Waals surface area (Å²) in [4.78, 5) is 10.4. The van der Waals surface area contributed by atoms with Crippen LogP contribution in [0.4, 0.5) is 4.79 Å². The molecule has 4 N–H and O–H groups in total. The lowest BCUT2D eigenvalue weighted by atomic mass is 10.2. The SMILES string of the molecule is Cl.NC(=O)OCCC(N)COc1noc2ccc(Cl)cc12. The van der Waals surface area contributed by atoms with E-state index in [0.717, 1.165) is 0 Å². The third-order valence-corrected chi connectivity index (χ3v) is 2.80. The summed E-state index contributed by atoms with van der Waals surface area (Å²) < 4.78 is 15.1. The van der Waals surface area contributed by atoms with Gasteiger partial charge in [0.25, 0.3) is 5.88 Å². The molecule has 1 amide bonds. The number of fused-ring (bicyclic) bond motifs is 1. The number of hydrogen-bond donors (Lipinski definition) is 2. The summed E-state index contributed by atoms with van der Waals surface area (Å²) in [6.07, 6.45) is -0.394. The molecule has 1 heterocycles. The number of nitrogens with zero attached hydrogens (tertiary/aromatic N) is 1. The topological polar surface area (TPSA) is 114 Å². The molecule has 9 heteroatoms. The van der Waals surface area contributed by atoms with E-state index in [1.807, 2.05) is 0 Å². The van der Waals surface area contributed by atoms with E-state index in [1.165, 1.54) is 0 Å². The van der Waals surface area contributed by atoms with Crippen LogP contribution in [0.15, 0.2) is 22.7 Å². The van der Waals surface area contributed by atoms with Crippen LogP contribution in [0.5, 0.6) is 5.88 Å². The fraction of sp³-hybridized carbons (Fsp3) is 0.333. The Kier molecular flexibility index (Phi) is 6.54. The fourth-order valence-electron chi connectivity index (χ4n) is 1.57. The van der Waals surface area contributed by atoms with Gasteiger partial charge in [-0.05, 0) is 23.4 Å². The molecule has 0 saturated carbocycles. The zero-order valence-corrected chi connectivity index (χ0v) is 12.5. The van der Waals surface area contributed by atoms with Crippen molar-refractivity contribution in [2.24, 2.45) is 11.5 Å². The summed E-state index contributed by atoms with van der Waals surface area (Å²) in [5.74, 6) is 0.328. The van der Waals surface area contributed by atoms with Crippen LogP contribution in [0.25, 0.3) is 11.0 Å². The normalized spacial score (nSPS) is 11.7. The highest BCUT2D eigenvalue weighted by Crippen LogP contribution is 2.27. The molecule has 0 saturated heterocycles. The molecule has 0 aliphatic carbocycles. The van der Waals surface area contributed by atoms with E-state index in [2.05, 4.69) is 9.89 Å². The highest BCUT2D eigenvalue weighted by atomic mass is 35.5. The molecular weight excluding hydrogens is 321 g/mol. The average Bonchev–Trinajstić information content (AvgIpc) is 2.78. The van der Waals surface area contributed by atoms with Gasteiger partial charge in [-0.1, -0.05) is 11.6 Å². The number of carbonyl (C=O) groups is 1. The van der Waals surface area contributed by atoms with Gasteiger partial charge in [0.2, 0.25) is 0 Å². The number of benzene rings is 1. The monoisotopic (exact) mass is 335 g/mol. The number of nitrogens with two attached hydrogens (primary N) is 2. The first-order chi connectivity index (χ1) is 9.56. The summed E-state index contributed by atoms with van der Waals surface area (Å²) in [7, 11) is 0. The number of rotatable bonds is 6. The minimum Gasteiger partial charge on any atom is -0.473 e. The fourth-order valence-corrected chi connectivity index (χ4v) is 1.75. The highest BCUT2D eigenvalue weighted by molar-refractivity contribution is 6.31. The largest absolute Gasteiger partial charge is 0.473 e. The lowest BCUT2D eigenvalue weighted by molar-refractivity contribution is 0.148. The third kappa shape index (κ3) is 4.96. The molecule has 7 nitrogen and oxygen atoms in total. The maximum atomic E-state index is 10.4. The van der Waals surface area contributed by atoms with E-state index >= 15 is 0 Å². The Morgan fingerprint density at radius 3 is 2.95 bits per heavy atom. The number of carbonyl (C=O) groups excluding carboxylic acids is 1. The number of halogens is 2. The Morgan fingerprint density at radius 1 is 1.48 bits per heavy atom. The van der Waals surface area contributed by atoms with Gasteiger partial charge in [-0.3, -0.25) is 0 Å². The van der Waals surface area contributed by atoms with E-state index in [-0.39, 0.29) is 31.7 Å². The van der Waals surface area contributed by atoms with Crippen molar-refractivity contribution in [3.05, 3.63) is 23.2 Å². The van der Waals surface area contributed by atoms with Crippen molar-refractivity contribution in [1.29, 1.82) is 0 Å². The molecule has 21 heavy (non-hydrogen) atoms. The van der Waals surface area contributed by atoms with Crippen molar-refractivity contribution in [2.45, 2.75) is 12.5 Å². The Labute approximate surface area is 131 Å². The zero-order chi connectivity index (χ0) is 14.5. The number of primary amides is 1. The first-order valence-corrected chi connectivity index (χ1v) is 6.29. The molecule has 116 valence electrons. The van der Waals surface area contributed by atoms with Gasteiger partial charge >= 0.3 is 6.09 Å². The standard InChI is InChI=1S/C12H14ClN3O4.ClH/c13-7-1-2-10-9(5-7)11(16-20-10)19-6-8(14)3-4-18-12(15)17;/h1-2,5,8H,3-4,6,14H2,(H2,15,17);1H. The van der Waals surface area contributed by atoms with Gasteiger partial charge in [0, 0.05) is 17.5 Å². The predicted molar refractivity (Wildman–Crippen MR) is 79.9 cm³/mol. The number of amides is 1. The van der Waals surface area contributed by atoms with E-state index in [1.54, 1.807) is 18.2 Å². The molecule has 1 aromatic heterocycles. The highest BCUT2D eigenvalue weighted by Gasteiger charge is 2.12. The Morgan fingerprint density at radius 2 is 2.24 bits per heavy atom. The second-order valence-corrected chi connectivity index (χ2v) is 4.59. The molecule has 2 aromatic rings. The number of hydrogen-bond acceptors (Lipinski definition) is 6. The minimum atomic E-state index is -0.824. The average molecular weight is 336 g/mol. The molecular formula is C12H15Cl2N3O4. The van der Waals surface area contributed by atoms with E-state index in [0.29, 0.717) is 28.3 Å². The minimum absolute atomic E-state index is 0. The van der Waals surface area contributed by atoms with Crippen LogP contribution in [0, 0.1) is 0 Å². The van der Waals surface area contributed by atoms with Crippen LogP contribution in [-0.4, -0.2) is 30.5 Å². The van der Waals surface area contributed by atoms with E-state index in [9.17, 15) is 4.79 Å². The van der Waals surface area contributed by atoms with Crippen LogP contribution in [-0.2, 0) is 4.74 Å². The van der Waals surface area contributed by atoms with E-state index < -0.39 is 6.09 Å². The maximum absolute atomic E-state index is 10.4. The smallest absolute Gasteiger partial charge is 0.404 e. The maximum Gasteiger partial charge on any atom is 0.404 e. The predicted octanol–water partition coefficient (Wildman–Crippen LogP) is 2.09. The second-order valence-electron chi connectivity index (χ2n) is 4.16. The molecule has 1 atom stereocenters. The lowest BCUT2D eigenvalue weighted by Crippen LogP contribution is -2.30.